The molecule has 2 N–H and O–H groups in total. The third-order valence-corrected chi connectivity index (χ3v) is 5.24. The third-order valence-electron chi connectivity index (χ3n) is 4.62. The lowest BCUT2D eigenvalue weighted by Crippen LogP contribution is -2.25. The van der Waals surface area contributed by atoms with E-state index in [0.29, 0.717) is 30.2 Å². The molecule has 3 aromatic rings. The van der Waals surface area contributed by atoms with Crippen LogP contribution in [0.3, 0.4) is 0 Å². The maximum Gasteiger partial charge on any atom is 0.262 e. The van der Waals surface area contributed by atoms with Crippen molar-refractivity contribution in [2.45, 2.75) is 6.42 Å². The third kappa shape index (κ3) is 6.93. The Morgan fingerprint density at radius 1 is 0.938 bits per heavy atom. The van der Waals surface area contributed by atoms with Gasteiger partial charge in [-0.3, -0.25) is 9.59 Å². The van der Waals surface area contributed by atoms with Crippen LogP contribution in [0, 0.1) is 0 Å². The highest BCUT2D eigenvalue weighted by atomic mass is 79.9. The number of carbonyl (C=O) groups excluding carboxylic acids is 2. The fraction of sp³-hybridized carbons (Fsp3) is 0.200. The minimum atomic E-state index is -0.318. The zero-order valence-corrected chi connectivity index (χ0v) is 19.4. The first-order valence-corrected chi connectivity index (χ1v) is 11.0. The lowest BCUT2D eigenvalue weighted by atomic mass is 10.1. The molecule has 3 rings (SSSR count). The van der Waals surface area contributed by atoms with Crippen LogP contribution in [0.5, 0.6) is 5.75 Å². The van der Waals surface area contributed by atoms with Crippen LogP contribution in [-0.2, 0) is 9.53 Å². The fourth-order valence-electron chi connectivity index (χ4n) is 3.03. The second-order valence-corrected chi connectivity index (χ2v) is 7.89. The summed E-state index contributed by atoms with van der Waals surface area (Å²) in [5.41, 5.74) is 3.15. The van der Waals surface area contributed by atoms with E-state index in [1.54, 1.807) is 31.4 Å². The molecule has 0 atom stereocenters. The van der Waals surface area contributed by atoms with Gasteiger partial charge in [0.1, 0.15) is 5.75 Å². The lowest BCUT2D eigenvalue weighted by Gasteiger charge is -2.11. The van der Waals surface area contributed by atoms with E-state index < -0.39 is 0 Å². The van der Waals surface area contributed by atoms with Crippen LogP contribution in [0.15, 0.2) is 77.3 Å². The van der Waals surface area contributed by atoms with Crippen molar-refractivity contribution in [3.8, 4) is 16.9 Å². The monoisotopic (exact) mass is 496 g/mol. The standard InChI is InChI=1S/C25H25BrN2O4/c1-31-14-6-13-27-25(30)20-9-5-10-21(15-20)28-24(29)17-32-23-12-11-19(16-22(23)26)18-7-3-2-4-8-18/h2-5,7-12,15-16H,6,13-14,17H2,1H3,(H,27,30)(H,28,29). The van der Waals surface area contributed by atoms with Gasteiger partial charge in [-0.2, -0.15) is 0 Å². The van der Waals surface area contributed by atoms with Crippen LogP contribution in [0.25, 0.3) is 11.1 Å². The summed E-state index contributed by atoms with van der Waals surface area (Å²) in [4.78, 5) is 24.6. The first-order chi connectivity index (χ1) is 15.6. The Hall–Kier alpha value is -3.16. The topological polar surface area (TPSA) is 76.7 Å². The van der Waals surface area contributed by atoms with E-state index in [1.165, 1.54) is 0 Å². The van der Waals surface area contributed by atoms with Crippen LogP contribution in [-0.4, -0.2) is 38.7 Å². The molecular formula is C25H25BrN2O4. The van der Waals surface area contributed by atoms with Crippen molar-refractivity contribution in [1.82, 2.24) is 5.32 Å². The Bertz CT molecular complexity index is 1060. The molecule has 0 spiro atoms. The van der Waals surface area contributed by atoms with Crippen LogP contribution in [0.1, 0.15) is 16.8 Å². The quantitative estimate of drug-likeness (QED) is 0.391. The highest BCUT2D eigenvalue weighted by Gasteiger charge is 2.10. The van der Waals surface area contributed by atoms with Crippen LogP contribution < -0.4 is 15.4 Å². The van der Waals surface area contributed by atoms with Crippen molar-refractivity contribution >= 4 is 33.4 Å². The Morgan fingerprint density at radius 3 is 2.50 bits per heavy atom. The van der Waals surface area contributed by atoms with Gasteiger partial charge in [-0.1, -0.05) is 42.5 Å². The van der Waals surface area contributed by atoms with E-state index in [-0.39, 0.29) is 18.4 Å². The number of hydrogen-bond acceptors (Lipinski definition) is 4. The minimum absolute atomic E-state index is 0.156. The number of nitrogens with one attached hydrogen (secondary N) is 2. The minimum Gasteiger partial charge on any atom is -0.483 e. The SMILES string of the molecule is COCCCNC(=O)c1cccc(NC(=O)COc2ccc(-c3ccccc3)cc2Br)c1. The van der Waals surface area contributed by atoms with Gasteiger partial charge in [0.2, 0.25) is 0 Å². The number of rotatable bonds is 10. The molecule has 6 nitrogen and oxygen atoms in total. The van der Waals surface area contributed by atoms with Crippen molar-refractivity contribution in [3.05, 3.63) is 82.8 Å². The first-order valence-electron chi connectivity index (χ1n) is 10.2. The number of amides is 2. The van der Waals surface area contributed by atoms with Crippen molar-refractivity contribution in [2.24, 2.45) is 0 Å². The van der Waals surface area contributed by atoms with Crippen LogP contribution in [0.4, 0.5) is 5.69 Å². The number of carbonyl (C=O) groups is 2. The summed E-state index contributed by atoms with van der Waals surface area (Å²) in [6.07, 6.45) is 0.734. The molecule has 0 unspecified atom stereocenters. The molecule has 2 amide bonds. The van der Waals surface area contributed by atoms with Gasteiger partial charge in [-0.15, -0.1) is 0 Å². The fourth-order valence-corrected chi connectivity index (χ4v) is 3.52. The summed E-state index contributed by atoms with van der Waals surface area (Å²) < 4.78 is 11.4. The molecular weight excluding hydrogens is 472 g/mol. The smallest absolute Gasteiger partial charge is 0.262 e. The van der Waals surface area contributed by atoms with Crippen LogP contribution in [0.2, 0.25) is 0 Å². The number of benzene rings is 3. The zero-order valence-electron chi connectivity index (χ0n) is 17.8. The average molecular weight is 497 g/mol. The molecule has 0 fully saturated rings. The van der Waals surface area contributed by atoms with Gasteiger partial charge in [0.25, 0.3) is 11.8 Å². The molecule has 0 aromatic heterocycles. The van der Waals surface area contributed by atoms with Crippen molar-refractivity contribution in [2.75, 3.05) is 32.2 Å². The van der Waals surface area contributed by atoms with E-state index in [9.17, 15) is 9.59 Å². The van der Waals surface area contributed by atoms with Gasteiger partial charge in [-0.25, -0.2) is 0 Å². The summed E-state index contributed by atoms with van der Waals surface area (Å²) in [7, 11) is 1.62. The van der Waals surface area contributed by atoms with Gasteiger partial charge in [0, 0.05) is 31.5 Å². The lowest BCUT2D eigenvalue weighted by molar-refractivity contribution is -0.118. The number of ether oxygens (including phenoxy) is 2. The largest absolute Gasteiger partial charge is 0.483 e. The van der Waals surface area contributed by atoms with Crippen LogP contribution >= 0.6 is 15.9 Å². The summed E-state index contributed by atoms with van der Waals surface area (Å²) in [6.45, 7) is 0.952. The Balaban J connectivity index is 1.53. The summed E-state index contributed by atoms with van der Waals surface area (Å²) in [5, 5.41) is 5.58. The number of anilines is 1. The molecule has 0 bridgehead atoms. The van der Waals surface area contributed by atoms with Gasteiger partial charge < -0.3 is 20.1 Å². The molecule has 3 aromatic carbocycles. The average Bonchev–Trinajstić information content (AvgIpc) is 2.81. The Labute approximate surface area is 196 Å². The van der Waals surface area contributed by atoms with Crippen molar-refractivity contribution < 1.29 is 19.1 Å². The number of hydrogen-bond donors (Lipinski definition) is 2. The summed E-state index contributed by atoms with van der Waals surface area (Å²) >= 11 is 3.51. The van der Waals surface area contributed by atoms with E-state index >= 15 is 0 Å². The molecule has 7 heteroatoms. The summed E-state index contributed by atoms with van der Waals surface area (Å²) in [6, 6.07) is 22.5. The Kier molecular flexibility index (Phi) is 8.83. The second kappa shape index (κ2) is 12.0. The number of halogens is 1. The Morgan fingerprint density at radius 2 is 1.75 bits per heavy atom. The van der Waals surface area contributed by atoms with Gasteiger partial charge in [-0.05, 0) is 63.8 Å². The maximum absolute atomic E-state index is 12.3. The predicted molar refractivity (Wildman–Crippen MR) is 129 cm³/mol. The van der Waals surface area contributed by atoms with E-state index in [0.717, 1.165) is 22.0 Å². The maximum atomic E-state index is 12.3. The van der Waals surface area contributed by atoms with Crippen molar-refractivity contribution in [1.29, 1.82) is 0 Å². The molecule has 0 saturated heterocycles. The second-order valence-electron chi connectivity index (χ2n) is 7.03. The van der Waals surface area contributed by atoms with Gasteiger partial charge >= 0.3 is 0 Å². The molecule has 0 saturated carbocycles. The van der Waals surface area contributed by atoms with Crippen molar-refractivity contribution in [3.63, 3.8) is 0 Å². The summed E-state index contributed by atoms with van der Waals surface area (Å²) in [5.74, 6) is 0.0570. The van der Waals surface area contributed by atoms with E-state index in [4.69, 9.17) is 9.47 Å². The molecule has 0 aliphatic rings. The van der Waals surface area contributed by atoms with Gasteiger partial charge in [0.05, 0.1) is 4.47 Å². The van der Waals surface area contributed by atoms with Gasteiger partial charge in [0.15, 0.2) is 6.61 Å². The molecule has 0 heterocycles. The first kappa shape index (κ1) is 23.5. The predicted octanol–water partition coefficient (Wildman–Crippen LogP) is 4.90. The zero-order chi connectivity index (χ0) is 22.8. The van der Waals surface area contributed by atoms with E-state index in [2.05, 4.69) is 26.6 Å². The molecule has 0 aliphatic heterocycles. The number of methoxy groups -OCH3 is 1. The van der Waals surface area contributed by atoms with E-state index in [1.807, 2.05) is 48.5 Å². The molecule has 0 radical (unpaired) electrons. The highest BCUT2D eigenvalue weighted by Crippen LogP contribution is 2.30. The normalized spacial score (nSPS) is 10.4. The molecule has 166 valence electrons. The highest BCUT2D eigenvalue weighted by molar-refractivity contribution is 9.10. The molecule has 32 heavy (non-hydrogen) atoms. The molecule has 0 aliphatic carbocycles.